The van der Waals surface area contributed by atoms with E-state index in [1.807, 2.05) is 48.5 Å². The summed E-state index contributed by atoms with van der Waals surface area (Å²) in [5.74, 6) is 2.72. The molecule has 3 aromatic rings. The highest BCUT2D eigenvalue weighted by Crippen LogP contribution is 2.23. The number of anilines is 3. The van der Waals surface area contributed by atoms with Crippen molar-refractivity contribution in [2.75, 3.05) is 41.4 Å². The van der Waals surface area contributed by atoms with Crippen LogP contribution in [0.5, 0.6) is 5.75 Å². The number of hydrogen-bond donors (Lipinski definition) is 1. The lowest BCUT2D eigenvalue weighted by atomic mass is 10.1. The summed E-state index contributed by atoms with van der Waals surface area (Å²) in [7, 11) is 0. The Morgan fingerprint density at radius 2 is 1.42 bits per heavy atom. The van der Waals surface area contributed by atoms with E-state index in [-0.39, 0.29) is 0 Å². The Balaban J connectivity index is 1.24. The Hall–Kier alpha value is -3.39. The van der Waals surface area contributed by atoms with Gasteiger partial charge in [0, 0.05) is 36.8 Å². The first-order chi connectivity index (χ1) is 17.7. The minimum atomic E-state index is 0.423. The summed E-state index contributed by atoms with van der Waals surface area (Å²) in [6.45, 7) is 4.36. The molecule has 2 aromatic carbocycles. The van der Waals surface area contributed by atoms with Crippen molar-refractivity contribution in [2.45, 2.75) is 45.1 Å². The average molecular weight is 506 g/mol. The maximum Gasteiger partial charge on any atom is 0.250 e. The second-order valence-corrected chi connectivity index (χ2v) is 9.58. The van der Waals surface area contributed by atoms with Gasteiger partial charge < -0.3 is 14.5 Å². The van der Waals surface area contributed by atoms with E-state index in [1.54, 1.807) is 6.21 Å². The molecular weight excluding hydrogens is 474 g/mol. The summed E-state index contributed by atoms with van der Waals surface area (Å²) >= 11 is 6.21. The van der Waals surface area contributed by atoms with Crippen molar-refractivity contribution in [1.82, 2.24) is 15.0 Å². The highest BCUT2D eigenvalue weighted by Gasteiger charge is 2.20. The zero-order valence-corrected chi connectivity index (χ0v) is 21.2. The molecule has 0 spiro atoms. The van der Waals surface area contributed by atoms with E-state index < -0.39 is 0 Å². The van der Waals surface area contributed by atoms with Gasteiger partial charge in [-0.05, 0) is 74.4 Å². The van der Waals surface area contributed by atoms with Crippen LogP contribution in [0.3, 0.4) is 0 Å². The molecule has 0 unspecified atom stereocenters. The molecule has 2 saturated heterocycles. The molecule has 0 atom stereocenters. The van der Waals surface area contributed by atoms with Gasteiger partial charge in [-0.25, -0.2) is 5.43 Å². The number of halogens is 1. The first-order valence-corrected chi connectivity index (χ1v) is 13.1. The molecule has 1 N–H and O–H groups in total. The largest absolute Gasteiger partial charge is 0.489 e. The molecule has 188 valence electrons. The number of benzene rings is 2. The highest BCUT2D eigenvalue weighted by molar-refractivity contribution is 6.31. The topological polar surface area (TPSA) is 78.8 Å². The zero-order valence-electron chi connectivity index (χ0n) is 20.4. The fraction of sp³-hybridized carbons (Fsp3) is 0.407. The molecule has 0 amide bonds. The molecule has 2 aliphatic heterocycles. The first kappa shape index (κ1) is 24.3. The molecule has 9 heteroatoms. The lowest BCUT2D eigenvalue weighted by Crippen LogP contribution is -2.34. The summed E-state index contributed by atoms with van der Waals surface area (Å²) in [6, 6.07) is 15.4. The number of aromatic nitrogens is 3. The lowest BCUT2D eigenvalue weighted by molar-refractivity contribution is 0.306. The third-order valence-electron chi connectivity index (χ3n) is 6.50. The Morgan fingerprint density at radius 3 is 2.03 bits per heavy atom. The number of nitrogens with zero attached hydrogens (tertiary/aromatic N) is 6. The van der Waals surface area contributed by atoms with E-state index in [2.05, 4.69) is 30.3 Å². The Kier molecular flexibility index (Phi) is 8.13. The number of piperidine rings is 2. The van der Waals surface area contributed by atoms with Gasteiger partial charge in [0.25, 0.3) is 0 Å². The first-order valence-electron chi connectivity index (χ1n) is 12.8. The van der Waals surface area contributed by atoms with Crippen LogP contribution in [0.1, 0.15) is 49.7 Å². The van der Waals surface area contributed by atoms with Crippen LogP contribution in [0.15, 0.2) is 53.6 Å². The van der Waals surface area contributed by atoms with Gasteiger partial charge >= 0.3 is 0 Å². The molecule has 2 fully saturated rings. The standard InChI is InChI=1S/C27H32ClN7O/c28-24-10-4-3-9-22(24)20-36-23-13-11-21(12-14-23)19-29-33-25-30-26(34-15-5-1-6-16-34)32-27(31-25)35-17-7-2-8-18-35/h3-4,9-14,19H,1-2,5-8,15-18,20H2,(H,30,31,32,33)/b29-19-. The molecule has 8 nitrogen and oxygen atoms in total. The van der Waals surface area contributed by atoms with Crippen molar-refractivity contribution in [3.8, 4) is 5.75 Å². The van der Waals surface area contributed by atoms with Crippen LogP contribution in [0, 0.1) is 0 Å². The maximum absolute atomic E-state index is 6.21. The zero-order chi connectivity index (χ0) is 24.6. The highest BCUT2D eigenvalue weighted by atomic mass is 35.5. The molecule has 0 aliphatic carbocycles. The summed E-state index contributed by atoms with van der Waals surface area (Å²) in [5, 5.41) is 5.10. The molecule has 0 radical (unpaired) electrons. The minimum Gasteiger partial charge on any atom is -0.489 e. The third-order valence-corrected chi connectivity index (χ3v) is 6.87. The monoisotopic (exact) mass is 505 g/mol. The molecule has 5 rings (SSSR count). The van der Waals surface area contributed by atoms with E-state index in [9.17, 15) is 0 Å². The van der Waals surface area contributed by atoms with E-state index in [0.29, 0.717) is 17.6 Å². The quantitative estimate of drug-likeness (QED) is 0.318. The number of rotatable bonds is 8. The molecule has 36 heavy (non-hydrogen) atoms. The van der Waals surface area contributed by atoms with Crippen LogP contribution in [0.4, 0.5) is 17.8 Å². The second kappa shape index (κ2) is 12.0. The minimum absolute atomic E-state index is 0.423. The summed E-state index contributed by atoms with van der Waals surface area (Å²) in [5.41, 5.74) is 4.92. The molecule has 1 aromatic heterocycles. The number of nitrogens with one attached hydrogen (secondary N) is 1. The molecular formula is C27H32ClN7O. The van der Waals surface area contributed by atoms with Crippen molar-refractivity contribution in [3.05, 3.63) is 64.7 Å². The molecule has 2 aliphatic rings. The van der Waals surface area contributed by atoms with Crippen LogP contribution in [-0.4, -0.2) is 47.3 Å². The third kappa shape index (κ3) is 6.43. The fourth-order valence-electron chi connectivity index (χ4n) is 4.47. The van der Waals surface area contributed by atoms with Crippen molar-refractivity contribution >= 4 is 35.7 Å². The van der Waals surface area contributed by atoms with Gasteiger partial charge in [0.05, 0.1) is 6.21 Å². The average Bonchev–Trinajstić information content (AvgIpc) is 2.94. The van der Waals surface area contributed by atoms with Crippen molar-refractivity contribution in [1.29, 1.82) is 0 Å². The lowest BCUT2D eigenvalue weighted by Gasteiger charge is -2.30. The van der Waals surface area contributed by atoms with Crippen molar-refractivity contribution in [3.63, 3.8) is 0 Å². The number of hydrogen-bond acceptors (Lipinski definition) is 8. The van der Waals surface area contributed by atoms with Gasteiger partial charge in [-0.3, -0.25) is 0 Å². The van der Waals surface area contributed by atoms with Gasteiger partial charge in [-0.1, -0.05) is 29.8 Å². The van der Waals surface area contributed by atoms with Crippen LogP contribution >= 0.6 is 11.6 Å². The summed E-state index contributed by atoms with van der Waals surface area (Å²) < 4.78 is 5.86. The van der Waals surface area contributed by atoms with Gasteiger partial charge in [-0.15, -0.1) is 0 Å². The SMILES string of the molecule is Clc1ccccc1COc1ccc(/C=N\Nc2nc(N3CCCCC3)nc(N3CCCCC3)n2)cc1. The van der Waals surface area contributed by atoms with E-state index in [0.717, 1.165) is 55.0 Å². The summed E-state index contributed by atoms with van der Waals surface area (Å²) in [6.07, 6.45) is 8.96. The van der Waals surface area contributed by atoms with E-state index in [4.69, 9.17) is 21.3 Å². The predicted octanol–water partition coefficient (Wildman–Crippen LogP) is 5.53. The van der Waals surface area contributed by atoms with Gasteiger partial charge in [0.2, 0.25) is 17.8 Å². The molecule has 0 saturated carbocycles. The van der Waals surface area contributed by atoms with Gasteiger partial charge in [0.15, 0.2) is 0 Å². The fourth-order valence-corrected chi connectivity index (χ4v) is 4.66. The molecule has 3 heterocycles. The smallest absolute Gasteiger partial charge is 0.250 e. The van der Waals surface area contributed by atoms with Crippen molar-refractivity contribution in [2.24, 2.45) is 5.10 Å². The van der Waals surface area contributed by atoms with E-state index >= 15 is 0 Å². The summed E-state index contributed by atoms with van der Waals surface area (Å²) in [4.78, 5) is 18.7. The Morgan fingerprint density at radius 1 is 0.806 bits per heavy atom. The Bertz CT molecular complexity index is 1120. The van der Waals surface area contributed by atoms with Gasteiger partial charge in [-0.2, -0.15) is 20.1 Å². The van der Waals surface area contributed by atoms with Gasteiger partial charge in [0.1, 0.15) is 12.4 Å². The second-order valence-electron chi connectivity index (χ2n) is 9.17. The normalized spacial score (nSPS) is 16.4. The van der Waals surface area contributed by atoms with E-state index in [1.165, 1.54) is 38.5 Å². The number of ether oxygens (including phenoxy) is 1. The molecule has 0 bridgehead atoms. The van der Waals surface area contributed by atoms with Crippen molar-refractivity contribution < 1.29 is 4.74 Å². The van der Waals surface area contributed by atoms with Crippen LogP contribution in [-0.2, 0) is 6.61 Å². The van der Waals surface area contributed by atoms with Crippen LogP contribution < -0.4 is 20.0 Å². The predicted molar refractivity (Wildman–Crippen MR) is 145 cm³/mol. The van der Waals surface area contributed by atoms with Crippen LogP contribution in [0.25, 0.3) is 0 Å². The number of hydrazone groups is 1. The van der Waals surface area contributed by atoms with Crippen LogP contribution in [0.2, 0.25) is 5.02 Å². The Labute approximate surface area is 217 Å². The maximum atomic E-state index is 6.21.